The van der Waals surface area contributed by atoms with Crippen molar-refractivity contribution >= 4 is 50.1 Å². The second-order valence-corrected chi connectivity index (χ2v) is 16.0. The Kier molecular flexibility index (Phi) is 9.93. The smallest absolute Gasteiger partial charge is 0.292 e. The van der Waals surface area contributed by atoms with Gasteiger partial charge in [0.05, 0.1) is 33.9 Å². The molecule has 2 aromatic carbocycles. The number of rotatable bonds is 9. The number of nitrogens with two attached hydrogens (primary N) is 1. The van der Waals surface area contributed by atoms with Crippen LogP contribution in [0.15, 0.2) is 42.5 Å². The number of pyridine rings is 1. The molecule has 6 rings (SSSR count). The molecular weight excluding hydrogens is 752 g/mol. The van der Waals surface area contributed by atoms with Gasteiger partial charge >= 0.3 is 0 Å². The number of anilines is 2. The van der Waals surface area contributed by atoms with Gasteiger partial charge in [-0.15, -0.1) is 0 Å². The number of aryl methyl sites for hydroxylation is 1. The predicted octanol–water partition coefficient (Wildman–Crippen LogP) is 5.22. The molecule has 0 spiro atoms. The van der Waals surface area contributed by atoms with Gasteiger partial charge in [-0.25, -0.2) is 22.2 Å². The summed E-state index contributed by atoms with van der Waals surface area (Å²) in [5.41, 5.74) is 5.72. The quantitative estimate of drug-likeness (QED) is 0.116. The summed E-state index contributed by atoms with van der Waals surface area (Å²) in [4.78, 5) is 18.6. The average molecular weight is 787 g/mol. The lowest BCUT2D eigenvalue weighted by Gasteiger charge is -2.23. The van der Waals surface area contributed by atoms with Crippen LogP contribution in [0.25, 0.3) is 22.0 Å². The highest BCUT2D eigenvalue weighted by molar-refractivity contribution is 7.92. The van der Waals surface area contributed by atoms with E-state index in [0.29, 0.717) is 22.7 Å². The molecule has 54 heavy (non-hydrogen) atoms. The van der Waals surface area contributed by atoms with Gasteiger partial charge in [0, 0.05) is 35.7 Å². The number of halogens is 5. The second-order valence-electron chi connectivity index (χ2n) is 13.8. The fourth-order valence-electron chi connectivity index (χ4n) is 6.53. The number of carbonyl (C=O) groups is 1. The van der Waals surface area contributed by atoms with E-state index in [-0.39, 0.29) is 57.4 Å². The minimum absolute atomic E-state index is 0.0275. The van der Waals surface area contributed by atoms with E-state index in [0.717, 1.165) is 23.1 Å². The summed E-state index contributed by atoms with van der Waals surface area (Å²) in [6.07, 6.45) is 0.676. The maximum Gasteiger partial charge on any atom is 0.292 e. The monoisotopic (exact) mass is 786 g/mol. The van der Waals surface area contributed by atoms with Crippen molar-refractivity contribution in [3.63, 3.8) is 0 Å². The van der Waals surface area contributed by atoms with Gasteiger partial charge in [-0.05, 0) is 68.5 Å². The number of aliphatic hydroxyl groups is 1. The van der Waals surface area contributed by atoms with E-state index in [2.05, 4.69) is 32.1 Å². The number of hydrogen-bond acceptors (Lipinski definition) is 8. The number of amides is 1. The topological polar surface area (TPSA) is 170 Å². The molecule has 0 radical (unpaired) electrons. The van der Waals surface area contributed by atoms with Gasteiger partial charge in [0.25, 0.3) is 5.92 Å². The summed E-state index contributed by atoms with van der Waals surface area (Å²) in [5.74, 6) is -1.66. The number of nitrogen functional groups attached to an aromatic ring is 1. The molecular formula is C36H35ClF4N8O4S. The van der Waals surface area contributed by atoms with E-state index in [4.69, 9.17) is 22.3 Å². The number of nitrogens with zero attached hydrogens (tertiary/aromatic N) is 5. The highest BCUT2D eigenvalue weighted by Crippen LogP contribution is 2.47. The lowest BCUT2D eigenvalue weighted by molar-refractivity contribution is -0.123. The third-order valence-corrected chi connectivity index (χ3v) is 9.66. The van der Waals surface area contributed by atoms with E-state index < -0.39 is 63.3 Å². The fraction of sp³-hybridized carbons (Fsp3) is 0.333. The van der Waals surface area contributed by atoms with E-state index in [1.165, 1.54) is 31.5 Å². The van der Waals surface area contributed by atoms with Crippen molar-refractivity contribution in [2.45, 2.75) is 57.7 Å². The number of nitrogens with one attached hydrogen (secondary N) is 2. The zero-order chi connectivity index (χ0) is 39.5. The first-order chi connectivity index (χ1) is 25.1. The van der Waals surface area contributed by atoms with Crippen LogP contribution in [0.3, 0.4) is 0 Å². The lowest BCUT2D eigenvalue weighted by Crippen LogP contribution is -2.35. The van der Waals surface area contributed by atoms with Crippen LogP contribution in [-0.2, 0) is 47.2 Å². The number of sulfonamides is 1. The van der Waals surface area contributed by atoms with Gasteiger partial charge in [0.1, 0.15) is 41.0 Å². The summed E-state index contributed by atoms with van der Waals surface area (Å²) in [5, 5.41) is 21.9. The van der Waals surface area contributed by atoms with Crippen molar-refractivity contribution in [2.75, 3.05) is 16.7 Å². The molecule has 1 amide bonds. The average Bonchev–Trinajstić information content (AvgIpc) is 3.62. The molecule has 1 aliphatic carbocycles. The summed E-state index contributed by atoms with van der Waals surface area (Å²) in [6.45, 7) is 3.62. The first-order valence-electron chi connectivity index (χ1n) is 16.5. The molecule has 5 aromatic rings. The zero-order valence-corrected chi connectivity index (χ0v) is 31.2. The predicted molar refractivity (Wildman–Crippen MR) is 195 cm³/mol. The Morgan fingerprint density at radius 3 is 2.46 bits per heavy atom. The van der Waals surface area contributed by atoms with Crippen LogP contribution < -0.4 is 15.8 Å². The van der Waals surface area contributed by atoms with Crippen LogP contribution in [0.1, 0.15) is 55.0 Å². The third kappa shape index (κ3) is 7.86. The molecule has 0 aliphatic heterocycles. The SMILES string of the molecule is CC1Cc2c(N)nn(CC(=O)NC(Cc3cc(F)cc(F)c3)c3nc(C#CC(C)(C)O)ccc3-c3ccc(Cl)c4c(NS(C)(=O)=O)nn(C)c34)c2C1(F)F. The number of aromatic nitrogens is 5. The van der Waals surface area contributed by atoms with Crippen molar-refractivity contribution in [2.24, 2.45) is 13.0 Å². The summed E-state index contributed by atoms with van der Waals surface area (Å²) >= 11 is 6.58. The van der Waals surface area contributed by atoms with Crippen molar-refractivity contribution in [1.29, 1.82) is 0 Å². The minimum atomic E-state index is -3.79. The molecule has 0 fully saturated rings. The summed E-state index contributed by atoms with van der Waals surface area (Å²) < 4.78 is 88.6. The Balaban J connectivity index is 1.53. The molecule has 2 atom stereocenters. The standard InChI is InChI=1S/C36H35ClF4N8O4S/c1-18-12-25-32(36(18,40)41)49(45-33(25)42)17-28(50)44-27(15-19-13-20(38)16-21(39)14-19)30-23(7-6-22(43-30)10-11-35(2,3)51)24-8-9-26(37)29-31(24)48(4)46-34(29)47-54(5,52)53/h6-9,13-14,16,18,27,51H,12,15,17H2,1-5H3,(H2,42,45)(H,44,50)(H,46,47). The van der Waals surface area contributed by atoms with Crippen LogP contribution in [0, 0.1) is 29.4 Å². The maximum atomic E-state index is 15.3. The largest absolute Gasteiger partial charge is 0.382 e. The van der Waals surface area contributed by atoms with Crippen LogP contribution in [0.5, 0.6) is 0 Å². The number of hydrogen-bond donors (Lipinski definition) is 4. The first-order valence-corrected chi connectivity index (χ1v) is 18.8. The molecule has 1 aliphatic rings. The molecule has 0 saturated carbocycles. The highest BCUT2D eigenvalue weighted by Gasteiger charge is 2.50. The molecule has 284 valence electrons. The van der Waals surface area contributed by atoms with Crippen molar-refractivity contribution < 1.29 is 35.9 Å². The van der Waals surface area contributed by atoms with E-state index in [1.807, 2.05) is 0 Å². The van der Waals surface area contributed by atoms with Crippen LogP contribution in [0.4, 0.5) is 29.2 Å². The normalized spacial score (nSPS) is 15.8. The number of benzene rings is 2. The molecule has 5 N–H and O–H groups in total. The van der Waals surface area contributed by atoms with Crippen LogP contribution >= 0.6 is 11.6 Å². The van der Waals surface area contributed by atoms with Gasteiger partial charge in [-0.3, -0.25) is 18.9 Å². The van der Waals surface area contributed by atoms with Gasteiger partial charge in [-0.2, -0.15) is 19.0 Å². The minimum Gasteiger partial charge on any atom is -0.382 e. The maximum absolute atomic E-state index is 15.3. The Morgan fingerprint density at radius 1 is 1.15 bits per heavy atom. The van der Waals surface area contributed by atoms with Gasteiger partial charge < -0.3 is 16.2 Å². The molecule has 18 heteroatoms. The molecule has 0 saturated heterocycles. The molecule has 3 aromatic heterocycles. The second kappa shape index (κ2) is 13.9. The van der Waals surface area contributed by atoms with Crippen molar-refractivity contribution in [3.8, 4) is 23.0 Å². The lowest BCUT2D eigenvalue weighted by atomic mass is 9.93. The fourth-order valence-corrected chi connectivity index (χ4v) is 7.26. The van der Waals surface area contributed by atoms with Gasteiger partial charge in [0.15, 0.2) is 5.82 Å². The van der Waals surface area contributed by atoms with Gasteiger partial charge in [0.2, 0.25) is 15.9 Å². The third-order valence-electron chi connectivity index (χ3n) is 8.78. The molecule has 2 unspecified atom stereocenters. The Hall–Kier alpha value is -5.18. The Morgan fingerprint density at radius 2 is 1.81 bits per heavy atom. The van der Waals surface area contributed by atoms with E-state index in [1.54, 1.807) is 25.2 Å². The number of alkyl halides is 2. The molecule has 0 bridgehead atoms. The Labute approximate surface area is 312 Å². The molecule has 3 heterocycles. The zero-order valence-electron chi connectivity index (χ0n) is 29.6. The summed E-state index contributed by atoms with van der Waals surface area (Å²) in [7, 11) is -2.23. The number of carbonyl (C=O) groups excluding carboxylic acids is 1. The van der Waals surface area contributed by atoms with Crippen LogP contribution in [-0.4, -0.2) is 55.8 Å². The highest BCUT2D eigenvalue weighted by atomic mass is 35.5. The summed E-state index contributed by atoms with van der Waals surface area (Å²) in [6, 6.07) is 7.94. The van der Waals surface area contributed by atoms with Crippen molar-refractivity contribution in [3.05, 3.63) is 87.3 Å². The van der Waals surface area contributed by atoms with Gasteiger partial charge in [-0.1, -0.05) is 30.5 Å². The van der Waals surface area contributed by atoms with E-state index >= 15 is 8.78 Å². The number of fused-ring (bicyclic) bond motifs is 2. The van der Waals surface area contributed by atoms with Crippen LogP contribution in [0.2, 0.25) is 5.02 Å². The molecule has 12 nitrogen and oxygen atoms in total. The van der Waals surface area contributed by atoms with Crippen molar-refractivity contribution in [1.82, 2.24) is 29.9 Å². The van der Waals surface area contributed by atoms with E-state index in [9.17, 15) is 27.1 Å². The Bertz CT molecular complexity index is 2480. The first kappa shape index (κ1) is 38.5.